The van der Waals surface area contributed by atoms with Gasteiger partial charge in [0, 0.05) is 12.1 Å². The van der Waals surface area contributed by atoms with Crippen LogP contribution in [-0.4, -0.2) is 23.0 Å². The largest absolute Gasteiger partial charge is 0.448 e. The molecule has 0 spiro atoms. The monoisotopic (exact) mass is 261 g/mol. The highest BCUT2D eigenvalue weighted by atomic mass is 35.5. The van der Waals surface area contributed by atoms with E-state index in [-0.39, 0.29) is 23.9 Å². The zero-order valence-electron chi connectivity index (χ0n) is 10.4. The van der Waals surface area contributed by atoms with Crippen LogP contribution in [-0.2, 0) is 0 Å². The fourth-order valence-corrected chi connectivity index (χ4v) is 1.36. The quantitative estimate of drug-likeness (QED) is 0.845. The minimum absolute atomic E-state index is 0. The molecule has 0 fully saturated rings. The molecule has 17 heavy (non-hydrogen) atoms. The average Bonchev–Trinajstić information content (AvgIpc) is 2.72. The fraction of sp³-hybridized carbons (Fsp3) is 0.636. The predicted octanol–water partition coefficient (Wildman–Crippen LogP) is 1.65. The molecule has 0 atom stereocenters. The highest BCUT2D eigenvalue weighted by molar-refractivity contribution is 5.93. The van der Waals surface area contributed by atoms with Gasteiger partial charge in [0.2, 0.25) is 0 Å². The summed E-state index contributed by atoms with van der Waals surface area (Å²) in [5.41, 5.74) is 6.07. The van der Waals surface area contributed by atoms with Gasteiger partial charge in [-0.05, 0) is 19.8 Å². The molecule has 1 aromatic rings. The van der Waals surface area contributed by atoms with E-state index in [0.29, 0.717) is 18.0 Å². The van der Waals surface area contributed by atoms with Crippen LogP contribution in [0.25, 0.3) is 0 Å². The van der Waals surface area contributed by atoms with Crippen LogP contribution in [0.4, 0.5) is 0 Å². The molecule has 5 nitrogen and oxygen atoms in total. The summed E-state index contributed by atoms with van der Waals surface area (Å²) < 4.78 is 4.97. The molecule has 1 rings (SSSR count). The maximum Gasteiger partial charge on any atom is 0.273 e. The standard InChI is InChI=1S/C11H19N3O2.ClH/c1-4-11(12,5-2)6-13-10(15)9-8(3)16-7-14-9;/h7H,4-6,12H2,1-3H3,(H,13,15);1H. The Labute approximate surface area is 108 Å². The van der Waals surface area contributed by atoms with Crippen LogP contribution in [0.2, 0.25) is 0 Å². The highest BCUT2D eigenvalue weighted by Crippen LogP contribution is 2.10. The number of halogens is 1. The van der Waals surface area contributed by atoms with E-state index in [9.17, 15) is 4.79 Å². The topological polar surface area (TPSA) is 81.1 Å². The molecule has 98 valence electrons. The van der Waals surface area contributed by atoms with Gasteiger partial charge < -0.3 is 15.5 Å². The molecular weight excluding hydrogens is 242 g/mol. The first-order valence-electron chi connectivity index (χ1n) is 5.49. The minimum Gasteiger partial charge on any atom is -0.448 e. The zero-order valence-corrected chi connectivity index (χ0v) is 11.3. The number of rotatable bonds is 5. The van der Waals surface area contributed by atoms with Crippen molar-refractivity contribution in [2.45, 2.75) is 39.2 Å². The summed E-state index contributed by atoms with van der Waals surface area (Å²) in [4.78, 5) is 15.6. The molecule has 0 aliphatic heterocycles. The van der Waals surface area contributed by atoms with Crippen LogP contribution in [0, 0.1) is 6.92 Å². The van der Waals surface area contributed by atoms with Gasteiger partial charge in [0.05, 0.1) is 0 Å². The second-order valence-corrected chi connectivity index (χ2v) is 4.01. The lowest BCUT2D eigenvalue weighted by molar-refractivity contribution is 0.0936. The van der Waals surface area contributed by atoms with Gasteiger partial charge in [0.15, 0.2) is 12.1 Å². The Morgan fingerprint density at radius 3 is 2.53 bits per heavy atom. The van der Waals surface area contributed by atoms with E-state index in [4.69, 9.17) is 10.2 Å². The van der Waals surface area contributed by atoms with Crippen LogP contribution in [0.5, 0.6) is 0 Å². The van der Waals surface area contributed by atoms with Gasteiger partial charge in [-0.3, -0.25) is 4.79 Å². The van der Waals surface area contributed by atoms with Crippen LogP contribution in [0.15, 0.2) is 10.8 Å². The number of nitrogens with one attached hydrogen (secondary N) is 1. The summed E-state index contributed by atoms with van der Waals surface area (Å²) in [5.74, 6) is 0.288. The maximum atomic E-state index is 11.7. The van der Waals surface area contributed by atoms with Gasteiger partial charge in [-0.1, -0.05) is 13.8 Å². The van der Waals surface area contributed by atoms with Crippen molar-refractivity contribution in [1.82, 2.24) is 10.3 Å². The lowest BCUT2D eigenvalue weighted by Gasteiger charge is -2.26. The third-order valence-electron chi connectivity index (χ3n) is 2.97. The van der Waals surface area contributed by atoms with E-state index < -0.39 is 0 Å². The Kier molecular flexibility index (Phi) is 6.20. The molecule has 0 unspecified atom stereocenters. The molecule has 0 saturated carbocycles. The summed E-state index contributed by atoms with van der Waals surface area (Å²) >= 11 is 0. The van der Waals surface area contributed by atoms with E-state index >= 15 is 0 Å². The molecule has 1 heterocycles. The first kappa shape index (κ1) is 15.9. The molecular formula is C11H20ClN3O2. The van der Waals surface area contributed by atoms with Crippen molar-refractivity contribution < 1.29 is 9.21 Å². The number of oxazole rings is 1. The third kappa shape index (κ3) is 4.02. The summed E-state index contributed by atoms with van der Waals surface area (Å²) in [7, 11) is 0. The van der Waals surface area contributed by atoms with Gasteiger partial charge in [-0.15, -0.1) is 12.4 Å². The average molecular weight is 262 g/mol. The molecule has 1 amide bonds. The maximum absolute atomic E-state index is 11.7. The van der Waals surface area contributed by atoms with Gasteiger partial charge in [-0.25, -0.2) is 4.98 Å². The summed E-state index contributed by atoms with van der Waals surface area (Å²) in [6.07, 6.45) is 2.91. The number of aryl methyl sites for hydroxylation is 1. The van der Waals surface area contributed by atoms with Crippen molar-refractivity contribution in [2.75, 3.05) is 6.54 Å². The van der Waals surface area contributed by atoms with Gasteiger partial charge >= 0.3 is 0 Å². The van der Waals surface area contributed by atoms with E-state index in [1.165, 1.54) is 6.39 Å². The minimum atomic E-state index is -0.340. The SMILES string of the molecule is CCC(N)(CC)CNC(=O)c1ncoc1C.Cl. The van der Waals surface area contributed by atoms with Crippen molar-refractivity contribution >= 4 is 18.3 Å². The molecule has 0 aliphatic carbocycles. The predicted molar refractivity (Wildman–Crippen MR) is 68.3 cm³/mol. The third-order valence-corrected chi connectivity index (χ3v) is 2.97. The summed E-state index contributed by atoms with van der Waals surface area (Å²) in [6, 6.07) is 0. The van der Waals surface area contributed by atoms with Crippen molar-refractivity contribution in [1.29, 1.82) is 0 Å². The first-order chi connectivity index (χ1) is 7.52. The molecule has 0 saturated heterocycles. The van der Waals surface area contributed by atoms with Crippen molar-refractivity contribution in [3.8, 4) is 0 Å². The normalized spacial score (nSPS) is 10.8. The fourth-order valence-electron chi connectivity index (χ4n) is 1.36. The molecule has 1 aromatic heterocycles. The Balaban J connectivity index is 0.00000256. The Morgan fingerprint density at radius 1 is 1.53 bits per heavy atom. The first-order valence-corrected chi connectivity index (χ1v) is 5.49. The van der Waals surface area contributed by atoms with Crippen molar-refractivity contribution in [3.05, 3.63) is 17.8 Å². The van der Waals surface area contributed by atoms with Gasteiger partial charge in [0.1, 0.15) is 5.76 Å². The second-order valence-electron chi connectivity index (χ2n) is 4.01. The van der Waals surface area contributed by atoms with E-state index in [0.717, 1.165) is 12.8 Å². The lowest BCUT2D eigenvalue weighted by Crippen LogP contribution is -2.49. The molecule has 0 bridgehead atoms. The van der Waals surface area contributed by atoms with Gasteiger partial charge in [-0.2, -0.15) is 0 Å². The van der Waals surface area contributed by atoms with Crippen LogP contribution >= 0.6 is 12.4 Å². The molecule has 6 heteroatoms. The number of nitrogens with zero attached hydrogens (tertiary/aromatic N) is 1. The number of hydrogen-bond donors (Lipinski definition) is 2. The molecule has 0 aromatic carbocycles. The van der Waals surface area contributed by atoms with E-state index in [1.54, 1.807) is 6.92 Å². The zero-order chi connectivity index (χ0) is 12.2. The number of amides is 1. The number of carbonyl (C=O) groups is 1. The number of nitrogens with two attached hydrogens (primary N) is 1. The highest BCUT2D eigenvalue weighted by Gasteiger charge is 2.22. The van der Waals surface area contributed by atoms with E-state index in [1.807, 2.05) is 13.8 Å². The smallest absolute Gasteiger partial charge is 0.273 e. The summed E-state index contributed by atoms with van der Waals surface area (Å²) in [6.45, 7) is 6.18. The Hall–Kier alpha value is -1.07. The number of hydrogen-bond acceptors (Lipinski definition) is 4. The van der Waals surface area contributed by atoms with Crippen molar-refractivity contribution in [2.24, 2.45) is 5.73 Å². The Morgan fingerprint density at radius 2 is 2.12 bits per heavy atom. The molecule has 3 N–H and O–H groups in total. The molecule has 0 radical (unpaired) electrons. The molecule has 0 aliphatic rings. The van der Waals surface area contributed by atoms with Crippen molar-refractivity contribution in [3.63, 3.8) is 0 Å². The van der Waals surface area contributed by atoms with Crippen LogP contribution in [0.1, 0.15) is 42.9 Å². The number of carbonyl (C=O) groups excluding carboxylic acids is 1. The second kappa shape index (κ2) is 6.61. The van der Waals surface area contributed by atoms with E-state index in [2.05, 4.69) is 10.3 Å². The van der Waals surface area contributed by atoms with Crippen LogP contribution in [0.3, 0.4) is 0 Å². The van der Waals surface area contributed by atoms with Crippen LogP contribution < -0.4 is 11.1 Å². The number of aromatic nitrogens is 1. The Bertz CT molecular complexity index is 361. The summed E-state index contributed by atoms with van der Waals surface area (Å²) in [5, 5.41) is 2.78. The lowest BCUT2D eigenvalue weighted by atomic mass is 9.94. The van der Waals surface area contributed by atoms with Gasteiger partial charge in [0.25, 0.3) is 5.91 Å².